The van der Waals surface area contributed by atoms with Crippen molar-refractivity contribution in [3.05, 3.63) is 0 Å². The van der Waals surface area contributed by atoms with Crippen molar-refractivity contribution in [1.82, 2.24) is 4.90 Å². The van der Waals surface area contributed by atoms with Gasteiger partial charge in [-0.1, -0.05) is 27.2 Å². The fourth-order valence-electron chi connectivity index (χ4n) is 3.40. The topological polar surface area (TPSA) is 40.5 Å². The second kappa shape index (κ2) is 6.39. The predicted molar refractivity (Wildman–Crippen MR) is 70.2 cm³/mol. The highest BCUT2D eigenvalue weighted by Gasteiger charge is 2.40. The molecule has 1 fully saturated rings. The Labute approximate surface area is 105 Å². The average molecular weight is 241 g/mol. The van der Waals surface area contributed by atoms with Gasteiger partial charge < -0.3 is 5.11 Å². The van der Waals surface area contributed by atoms with Gasteiger partial charge in [-0.15, -0.1) is 0 Å². The van der Waals surface area contributed by atoms with Gasteiger partial charge in [0, 0.05) is 5.54 Å². The number of hydrogen-bond acceptors (Lipinski definition) is 2. The zero-order valence-electron chi connectivity index (χ0n) is 11.5. The summed E-state index contributed by atoms with van der Waals surface area (Å²) in [4.78, 5) is 13.5. The van der Waals surface area contributed by atoms with Crippen molar-refractivity contribution >= 4 is 5.97 Å². The number of hydrogen-bond donors (Lipinski definition) is 1. The zero-order valence-corrected chi connectivity index (χ0v) is 11.5. The Bertz CT molecular complexity index is 241. The number of rotatable bonds is 6. The van der Waals surface area contributed by atoms with E-state index in [0.717, 1.165) is 31.8 Å². The summed E-state index contributed by atoms with van der Waals surface area (Å²) in [6, 6.07) is 0. The molecule has 100 valence electrons. The summed E-state index contributed by atoms with van der Waals surface area (Å²) in [5.74, 6) is 0.166. The Hall–Kier alpha value is -0.570. The lowest BCUT2D eigenvalue weighted by atomic mass is 9.73. The van der Waals surface area contributed by atoms with E-state index >= 15 is 0 Å². The summed E-state index contributed by atoms with van der Waals surface area (Å²) < 4.78 is 0. The van der Waals surface area contributed by atoms with Crippen LogP contribution in [0.3, 0.4) is 0 Å². The molecule has 0 saturated heterocycles. The van der Waals surface area contributed by atoms with E-state index in [1.165, 1.54) is 19.3 Å². The zero-order chi connectivity index (χ0) is 12.9. The van der Waals surface area contributed by atoms with Crippen molar-refractivity contribution in [2.75, 3.05) is 13.1 Å². The fraction of sp³-hybridized carbons (Fsp3) is 0.929. The highest BCUT2D eigenvalue weighted by Crippen LogP contribution is 2.39. The van der Waals surface area contributed by atoms with Crippen LogP contribution in [-0.2, 0) is 4.79 Å². The van der Waals surface area contributed by atoms with Gasteiger partial charge in [0.05, 0.1) is 6.42 Å². The van der Waals surface area contributed by atoms with Gasteiger partial charge in [0.1, 0.15) is 0 Å². The van der Waals surface area contributed by atoms with E-state index in [-0.39, 0.29) is 5.54 Å². The molecule has 0 aromatic heterocycles. The maximum Gasteiger partial charge on any atom is 0.305 e. The molecule has 1 rings (SSSR count). The summed E-state index contributed by atoms with van der Waals surface area (Å²) in [6.45, 7) is 8.44. The standard InChI is InChI=1S/C14H27NO2/c1-4-12-7-9-14(10-8-12,11-13(16)17)15(5-2)6-3/h12H,4-11H2,1-3H3,(H,16,17). The van der Waals surface area contributed by atoms with Crippen LogP contribution in [0.25, 0.3) is 0 Å². The Morgan fingerprint density at radius 3 is 2.12 bits per heavy atom. The van der Waals surface area contributed by atoms with Crippen molar-refractivity contribution in [2.45, 2.75) is 64.8 Å². The van der Waals surface area contributed by atoms with Gasteiger partial charge in [0.25, 0.3) is 0 Å². The molecule has 0 heterocycles. The van der Waals surface area contributed by atoms with Crippen LogP contribution in [0.2, 0.25) is 0 Å². The number of nitrogens with zero attached hydrogens (tertiary/aromatic N) is 1. The van der Waals surface area contributed by atoms with Crippen LogP contribution in [0.5, 0.6) is 0 Å². The molecule has 1 aliphatic carbocycles. The molecule has 1 saturated carbocycles. The Balaban J connectivity index is 2.77. The van der Waals surface area contributed by atoms with E-state index in [2.05, 4.69) is 25.7 Å². The van der Waals surface area contributed by atoms with Crippen LogP contribution in [-0.4, -0.2) is 34.6 Å². The van der Waals surface area contributed by atoms with Crippen LogP contribution in [0.4, 0.5) is 0 Å². The molecule has 0 aliphatic heterocycles. The maximum absolute atomic E-state index is 11.1. The largest absolute Gasteiger partial charge is 0.481 e. The van der Waals surface area contributed by atoms with Crippen molar-refractivity contribution < 1.29 is 9.90 Å². The molecule has 0 aromatic carbocycles. The van der Waals surface area contributed by atoms with E-state index in [1.54, 1.807) is 0 Å². The average Bonchev–Trinajstić information content (AvgIpc) is 2.30. The SMILES string of the molecule is CCC1CCC(CC(=O)O)(N(CC)CC)CC1. The maximum atomic E-state index is 11.1. The summed E-state index contributed by atoms with van der Waals surface area (Å²) in [5.41, 5.74) is -0.0684. The van der Waals surface area contributed by atoms with Crippen LogP contribution >= 0.6 is 0 Å². The van der Waals surface area contributed by atoms with E-state index in [9.17, 15) is 4.79 Å². The van der Waals surface area contributed by atoms with Crippen molar-refractivity contribution in [1.29, 1.82) is 0 Å². The van der Waals surface area contributed by atoms with E-state index in [1.807, 2.05) is 0 Å². The second-order valence-corrected chi connectivity index (χ2v) is 5.32. The van der Waals surface area contributed by atoms with Gasteiger partial charge in [-0.25, -0.2) is 0 Å². The smallest absolute Gasteiger partial charge is 0.305 e. The first kappa shape index (κ1) is 14.5. The highest BCUT2D eigenvalue weighted by atomic mass is 16.4. The molecular weight excluding hydrogens is 214 g/mol. The quantitative estimate of drug-likeness (QED) is 0.776. The highest BCUT2D eigenvalue weighted by molar-refractivity contribution is 5.68. The Kier molecular flexibility index (Phi) is 5.44. The van der Waals surface area contributed by atoms with Gasteiger partial charge in [0.15, 0.2) is 0 Å². The summed E-state index contributed by atoms with van der Waals surface area (Å²) in [5, 5.41) is 9.17. The monoisotopic (exact) mass is 241 g/mol. The Morgan fingerprint density at radius 2 is 1.76 bits per heavy atom. The first-order valence-corrected chi connectivity index (χ1v) is 7.04. The molecule has 0 bridgehead atoms. The van der Waals surface area contributed by atoms with Crippen molar-refractivity contribution in [3.63, 3.8) is 0 Å². The van der Waals surface area contributed by atoms with Crippen LogP contribution in [0.15, 0.2) is 0 Å². The lowest BCUT2D eigenvalue weighted by Crippen LogP contribution is -2.52. The van der Waals surface area contributed by atoms with E-state index in [0.29, 0.717) is 6.42 Å². The van der Waals surface area contributed by atoms with Crippen molar-refractivity contribution in [2.24, 2.45) is 5.92 Å². The predicted octanol–water partition coefficient (Wildman–Crippen LogP) is 3.14. The molecule has 0 spiro atoms. The number of carboxylic acids is 1. The molecular formula is C14H27NO2. The minimum Gasteiger partial charge on any atom is -0.481 e. The third-order valence-corrected chi connectivity index (χ3v) is 4.53. The van der Waals surface area contributed by atoms with Gasteiger partial charge in [-0.2, -0.15) is 0 Å². The van der Waals surface area contributed by atoms with E-state index < -0.39 is 5.97 Å². The molecule has 0 amide bonds. The number of carboxylic acid groups (broad SMARTS) is 1. The molecule has 3 nitrogen and oxygen atoms in total. The van der Waals surface area contributed by atoms with Crippen LogP contribution in [0.1, 0.15) is 59.3 Å². The van der Waals surface area contributed by atoms with Gasteiger partial charge in [-0.05, 0) is 44.7 Å². The first-order valence-electron chi connectivity index (χ1n) is 7.04. The van der Waals surface area contributed by atoms with Gasteiger partial charge >= 0.3 is 5.97 Å². The summed E-state index contributed by atoms with van der Waals surface area (Å²) in [6.07, 6.45) is 6.05. The molecule has 0 aromatic rings. The second-order valence-electron chi connectivity index (χ2n) is 5.32. The number of aliphatic carboxylic acids is 1. The minimum absolute atomic E-state index is 0.0684. The molecule has 3 heteroatoms. The molecule has 17 heavy (non-hydrogen) atoms. The molecule has 1 aliphatic rings. The van der Waals surface area contributed by atoms with Gasteiger partial charge in [0.2, 0.25) is 0 Å². The third kappa shape index (κ3) is 3.44. The molecule has 0 unspecified atom stereocenters. The lowest BCUT2D eigenvalue weighted by molar-refractivity contribution is -0.141. The van der Waals surface area contributed by atoms with Crippen LogP contribution in [0, 0.1) is 5.92 Å². The molecule has 1 N–H and O–H groups in total. The molecule has 0 atom stereocenters. The fourth-order valence-corrected chi connectivity index (χ4v) is 3.40. The number of carbonyl (C=O) groups is 1. The van der Waals surface area contributed by atoms with E-state index in [4.69, 9.17) is 5.11 Å². The normalized spacial score (nSPS) is 29.5. The third-order valence-electron chi connectivity index (χ3n) is 4.53. The Morgan fingerprint density at radius 1 is 1.24 bits per heavy atom. The lowest BCUT2D eigenvalue weighted by Gasteiger charge is -2.47. The van der Waals surface area contributed by atoms with Gasteiger partial charge in [-0.3, -0.25) is 9.69 Å². The van der Waals surface area contributed by atoms with Crippen molar-refractivity contribution in [3.8, 4) is 0 Å². The van der Waals surface area contributed by atoms with Crippen LogP contribution < -0.4 is 0 Å². The minimum atomic E-state index is -0.646. The molecule has 0 radical (unpaired) electrons. The summed E-state index contributed by atoms with van der Waals surface area (Å²) >= 11 is 0. The summed E-state index contributed by atoms with van der Waals surface area (Å²) in [7, 11) is 0. The first-order chi connectivity index (χ1) is 8.07.